The molecule has 1 aromatic carbocycles. The standard InChI is InChI=1S/C16H18N6S/c1-3-7-12(8-4-1)11-23-16-17-14-13(19-21-20-14)15(18-16)22-9-5-2-6-10-22/h1,3-4,7-8,13H,2,5-6,9-11H2. The number of aliphatic imine (C=N–C) groups is 2. The largest absolute Gasteiger partial charge is 0.358 e. The summed E-state index contributed by atoms with van der Waals surface area (Å²) >= 11 is 1.64. The summed E-state index contributed by atoms with van der Waals surface area (Å²) in [7, 11) is 0. The van der Waals surface area contributed by atoms with Gasteiger partial charge in [0, 0.05) is 18.8 Å². The number of hydrogen-bond donors (Lipinski definition) is 0. The van der Waals surface area contributed by atoms with Crippen molar-refractivity contribution < 1.29 is 0 Å². The number of rotatable bonds is 2. The number of piperidine rings is 1. The topological polar surface area (TPSA) is 65.0 Å². The zero-order valence-electron chi connectivity index (χ0n) is 12.8. The Balaban J connectivity index is 1.53. The van der Waals surface area contributed by atoms with E-state index < -0.39 is 0 Å². The van der Waals surface area contributed by atoms with Crippen LogP contribution in [0.25, 0.3) is 0 Å². The molecule has 6 nitrogen and oxygen atoms in total. The third kappa shape index (κ3) is 3.19. The van der Waals surface area contributed by atoms with E-state index in [0.717, 1.165) is 29.8 Å². The van der Waals surface area contributed by atoms with Crippen LogP contribution in [-0.2, 0) is 5.75 Å². The second kappa shape index (κ2) is 6.62. The second-order valence-electron chi connectivity index (χ2n) is 5.75. The van der Waals surface area contributed by atoms with Gasteiger partial charge in [-0.1, -0.05) is 42.1 Å². The van der Waals surface area contributed by atoms with Crippen LogP contribution in [0.4, 0.5) is 0 Å². The Labute approximate surface area is 139 Å². The Morgan fingerprint density at radius 2 is 1.87 bits per heavy atom. The number of likely N-dealkylation sites (tertiary alicyclic amines) is 1. The van der Waals surface area contributed by atoms with Crippen LogP contribution >= 0.6 is 11.8 Å². The summed E-state index contributed by atoms with van der Waals surface area (Å²) in [6, 6.07) is 10.2. The number of nitrogens with zero attached hydrogens (tertiary/aromatic N) is 6. The molecule has 0 amide bonds. The highest BCUT2D eigenvalue weighted by molar-refractivity contribution is 8.13. The van der Waals surface area contributed by atoms with Gasteiger partial charge in [-0.25, -0.2) is 9.98 Å². The van der Waals surface area contributed by atoms with Crippen LogP contribution in [0.3, 0.4) is 0 Å². The Bertz CT molecular complexity index is 688. The quantitative estimate of drug-likeness (QED) is 0.837. The van der Waals surface area contributed by atoms with Gasteiger partial charge in [-0.2, -0.15) is 0 Å². The number of thioether (sulfide) groups is 1. The van der Waals surface area contributed by atoms with Crippen molar-refractivity contribution in [3.8, 4) is 0 Å². The minimum absolute atomic E-state index is 0.200. The molecule has 118 valence electrons. The van der Waals surface area contributed by atoms with Crippen molar-refractivity contribution in [3.63, 3.8) is 0 Å². The van der Waals surface area contributed by atoms with Crippen molar-refractivity contribution in [1.82, 2.24) is 4.90 Å². The van der Waals surface area contributed by atoms with Crippen molar-refractivity contribution in [3.05, 3.63) is 35.9 Å². The van der Waals surface area contributed by atoms with Gasteiger partial charge in [-0.3, -0.25) is 0 Å². The predicted octanol–water partition coefficient (Wildman–Crippen LogP) is 3.32. The Morgan fingerprint density at radius 3 is 2.70 bits per heavy atom. The first-order chi connectivity index (χ1) is 11.4. The average molecular weight is 326 g/mol. The fourth-order valence-corrected chi connectivity index (χ4v) is 3.72. The van der Waals surface area contributed by atoms with E-state index in [1.165, 1.54) is 24.8 Å². The van der Waals surface area contributed by atoms with Gasteiger partial charge in [0.2, 0.25) is 0 Å². The molecule has 4 rings (SSSR count). The van der Waals surface area contributed by atoms with Gasteiger partial charge >= 0.3 is 0 Å². The second-order valence-corrected chi connectivity index (χ2v) is 6.69. The van der Waals surface area contributed by atoms with Crippen LogP contribution in [0, 0.1) is 0 Å². The highest BCUT2D eigenvalue weighted by atomic mass is 32.2. The molecule has 0 saturated carbocycles. The highest BCUT2D eigenvalue weighted by Crippen LogP contribution is 2.24. The maximum Gasteiger partial charge on any atom is 0.192 e. The van der Waals surface area contributed by atoms with E-state index in [0.29, 0.717) is 5.84 Å². The molecular weight excluding hydrogens is 308 g/mol. The van der Waals surface area contributed by atoms with Crippen molar-refractivity contribution in [2.45, 2.75) is 31.1 Å². The normalized spacial score (nSPS) is 23.2. The maximum absolute atomic E-state index is 4.78. The smallest absolute Gasteiger partial charge is 0.192 e. The molecule has 0 bridgehead atoms. The number of benzene rings is 1. The molecular formula is C16H18N6S. The molecule has 23 heavy (non-hydrogen) atoms. The molecule has 1 saturated heterocycles. The number of amidine groups is 3. The summed E-state index contributed by atoms with van der Waals surface area (Å²) in [5, 5.41) is 12.8. The van der Waals surface area contributed by atoms with Gasteiger partial charge in [-0.05, 0) is 30.0 Å². The first-order valence-electron chi connectivity index (χ1n) is 7.97. The molecule has 1 unspecified atom stereocenters. The minimum atomic E-state index is -0.200. The van der Waals surface area contributed by atoms with Gasteiger partial charge in [0.15, 0.2) is 17.0 Å². The van der Waals surface area contributed by atoms with Gasteiger partial charge in [0.25, 0.3) is 0 Å². The van der Waals surface area contributed by atoms with Crippen molar-refractivity contribution >= 4 is 28.6 Å². The first kappa shape index (κ1) is 14.6. The Hall–Kier alpha value is -2.02. The monoisotopic (exact) mass is 326 g/mol. The Kier molecular flexibility index (Phi) is 4.19. The van der Waals surface area contributed by atoms with E-state index in [4.69, 9.17) is 4.99 Å². The molecule has 1 atom stereocenters. The van der Waals surface area contributed by atoms with E-state index in [2.05, 4.69) is 49.6 Å². The zero-order chi connectivity index (χ0) is 15.5. The molecule has 0 aromatic heterocycles. The number of fused-ring (bicyclic) bond motifs is 1. The fourth-order valence-electron chi connectivity index (χ4n) is 2.92. The summed E-state index contributed by atoms with van der Waals surface area (Å²) in [5.41, 5.74) is 1.26. The first-order valence-corrected chi connectivity index (χ1v) is 8.95. The number of hydrogen-bond acceptors (Lipinski definition) is 7. The van der Waals surface area contributed by atoms with Crippen LogP contribution in [0.2, 0.25) is 0 Å². The van der Waals surface area contributed by atoms with Crippen LogP contribution in [0.1, 0.15) is 24.8 Å². The summed E-state index contributed by atoms with van der Waals surface area (Å²) < 4.78 is 0. The average Bonchev–Trinajstić information content (AvgIpc) is 3.09. The molecule has 7 heteroatoms. The summed E-state index contributed by atoms with van der Waals surface area (Å²) in [5.74, 6) is 2.49. The van der Waals surface area contributed by atoms with Gasteiger partial charge in [0.1, 0.15) is 5.84 Å². The minimum Gasteiger partial charge on any atom is -0.358 e. The lowest BCUT2D eigenvalue weighted by molar-refractivity contribution is 0.336. The molecule has 0 aliphatic carbocycles. The molecule has 3 aliphatic heterocycles. The highest BCUT2D eigenvalue weighted by Gasteiger charge is 2.34. The van der Waals surface area contributed by atoms with Crippen LogP contribution < -0.4 is 0 Å². The summed E-state index contributed by atoms with van der Waals surface area (Å²) in [6.45, 7) is 2.07. The molecule has 1 aromatic rings. The third-order valence-electron chi connectivity index (χ3n) is 4.11. The molecule has 1 fully saturated rings. The Morgan fingerprint density at radius 1 is 1.04 bits per heavy atom. The molecule has 0 radical (unpaired) electrons. The molecule has 0 N–H and O–H groups in total. The third-order valence-corrected chi connectivity index (χ3v) is 5.03. The molecule has 3 aliphatic rings. The lowest BCUT2D eigenvalue weighted by atomic mass is 10.1. The SMILES string of the molecule is c1ccc(CSC2=NC3=NN=NC3C(N3CCCCC3)=N2)cc1. The van der Waals surface area contributed by atoms with Crippen molar-refractivity contribution in [2.75, 3.05) is 13.1 Å². The maximum atomic E-state index is 4.78. The lowest BCUT2D eigenvalue weighted by Crippen LogP contribution is -2.45. The van der Waals surface area contributed by atoms with Crippen LogP contribution in [-0.4, -0.2) is 40.9 Å². The summed E-state index contributed by atoms with van der Waals surface area (Å²) in [4.78, 5) is 11.6. The van der Waals surface area contributed by atoms with E-state index in [9.17, 15) is 0 Å². The zero-order valence-corrected chi connectivity index (χ0v) is 13.6. The summed E-state index contributed by atoms with van der Waals surface area (Å²) in [6.07, 6.45) is 3.71. The van der Waals surface area contributed by atoms with Crippen molar-refractivity contribution in [2.24, 2.45) is 25.4 Å². The van der Waals surface area contributed by atoms with Crippen LogP contribution in [0.15, 0.2) is 55.8 Å². The van der Waals surface area contributed by atoms with E-state index >= 15 is 0 Å². The predicted molar refractivity (Wildman–Crippen MR) is 94.1 cm³/mol. The fraction of sp³-hybridized carbons (Fsp3) is 0.438. The van der Waals surface area contributed by atoms with Gasteiger partial charge in [0.05, 0.1) is 0 Å². The van der Waals surface area contributed by atoms with Crippen LogP contribution in [0.5, 0.6) is 0 Å². The van der Waals surface area contributed by atoms with Gasteiger partial charge < -0.3 is 4.90 Å². The van der Waals surface area contributed by atoms with E-state index in [-0.39, 0.29) is 6.04 Å². The van der Waals surface area contributed by atoms with E-state index in [1.54, 1.807) is 11.8 Å². The van der Waals surface area contributed by atoms with E-state index in [1.807, 2.05) is 6.07 Å². The van der Waals surface area contributed by atoms with Gasteiger partial charge in [-0.15, -0.1) is 10.2 Å². The molecule has 0 spiro atoms. The molecule has 3 heterocycles. The van der Waals surface area contributed by atoms with Crippen molar-refractivity contribution in [1.29, 1.82) is 0 Å². The lowest BCUT2D eigenvalue weighted by Gasteiger charge is -2.32.